The highest BCUT2D eigenvalue weighted by molar-refractivity contribution is 9.10. The molecule has 1 aliphatic rings. The quantitative estimate of drug-likeness (QED) is 0.893. The minimum absolute atomic E-state index is 0.0322. The van der Waals surface area contributed by atoms with Crippen LogP contribution in [-0.2, 0) is 9.59 Å². The number of aliphatic carboxylic acids is 1. The number of halogens is 1. The van der Waals surface area contributed by atoms with Crippen LogP contribution in [0.4, 0.5) is 11.4 Å². The molecule has 1 aromatic carbocycles. The van der Waals surface area contributed by atoms with Gasteiger partial charge in [0.15, 0.2) is 0 Å². The summed E-state index contributed by atoms with van der Waals surface area (Å²) in [5.74, 6) is -0.871. The number of nitrogens with zero attached hydrogens (tertiary/aromatic N) is 1. The Hall–Kier alpha value is -1.56. The zero-order chi connectivity index (χ0) is 13.1. The highest BCUT2D eigenvalue weighted by atomic mass is 79.9. The van der Waals surface area contributed by atoms with Crippen LogP contribution < -0.4 is 10.2 Å². The van der Waals surface area contributed by atoms with Crippen molar-refractivity contribution in [1.82, 2.24) is 0 Å². The van der Waals surface area contributed by atoms with E-state index >= 15 is 0 Å². The summed E-state index contributed by atoms with van der Waals surface area (Å²) in [7, 11) is 0. The van der Waals surface area contributed by atoms with Crippen LogP contribution in [0.25, 0.3) is 0 Å². The lowest BCUT2D eigenvalue weighted by Gasteiger charge is -2.30. The number of carbonyl (C=O) groups excluding carboxylic acids is 1. The number of fused-ring (bicyclic) bond motifs is 1. The summed E-state index contributed by atoms with van der Waals surface area (Å²) < 4.78 is 0.939. The van der Waals surface area contributed by atoms with Crippen LogP contribution in [0.2, 0.25) is 0 Å². The Balaban J connectivity index is 2.15. The van der Waals surface area contributed by atoms with Gasteiger partial charge in [0.2, 0.25) is 5.91 Å². The average molecular weight is 313 g/mol. The van der Waals surface area contributed by atoms with E-state index in [0.717, 1.165) is 15.8 Å². The summed E-state index contributed by atoms with van der Waals surface area (Å²) in [5.41, 5.74) is 1.69. The smallest absolute Gasteiger partial charge is 0.303 e. The molecule has 0 unspecified atom stereocenters. The maximum Gasteiger partial charge on any atom is 0.303 e. The molecule has 5 nitrogen and oxygen atoms in total. The van der Waals surface area contributed by atoms with Crippen LogP contribution in [0, 0.1) is 0 Å². The second-order valence-electron chi connectivity index (χ2n) is 4.06. The van der Waals surface area contributed by atoms with Crippen molar-refractivity contribution in [2.45, 2.75) is 12.8 Å². The predicted octanol–water partition coefficient (Wildman–Crippen LogP) is 2.07. The maximum absolute atomic E-state index is 11.8. The van der Waals surface area contributed by atoms with E-state index in [9.17, 15) is 9.59 Å². The van der Waals surface area contributed by atoms with Crippen LogP contribution in [0.15, 0.2) is 22.7 Å². The molecule has 0 bridgehead atoms. The lowest BCUT2D eigenvalue weighted by Crippen LogP contribution is -2.40. The van der Waals surface area contributed by atoms with Gasteiger partial charge in [-0.2, -0.15) is 0 Å². The minimum Gasteiger partial charge on any atom is -0.481 e. The molecule has 1 aromatic rings. The molecular formula is C12H13BrN2O3. The van der Waals surface area contributed by atoms with Gasteiger partial charge in [0.05, 0.1) is 17.9 Å². The second kappa shape index (κ2) is 5.39. The lowest BCUT2D eigenvalue weighted by molar-refractivity contribution is -0.137. The van der Waals surface area contributed by atoms with E-state index in [1.54, 1.807) is 4.90 Å². The molecule has 2 rings (SSSR count). The number of carboxylic acids is 1. The van der Waals surface area contributed by atoms with Crippen molar-refractivity contribution in [3.8, 4) is 0 Å². The fourth-order valence-corrected chi connectivity index (χ4v) is 2.28. The van der Waals surface area contributed by atoms with Crippen molar-refractivity contribution in [1.29, 1.82) is 0 Å². The largest absolute Gasteiger partial charge is 0.481 e. The lowest BCUT2D eigenvalue weighted by atomic mass is 10.1. The summed E-state index contributed by atoms with van der Waals surface area (Å²) in [5, 5.41) is 11.7. The topological polar surface area (TPSA) is 69.6 Å². The first kappa shape index (κ1) is 12.9. The number of carboxylic acid groups (broad SMARTS) is 1. The number of hydrogen-bond acceptors (Lipinski definition) is 3. The second-order valence-corrected chi connectivity index (χ2v) is 4.97. The normalized spacial score (nSPS) is 14.1. The molecule has 18 heavy (non-hydrogen) atoms. The first-order valence-corrected chi connectivity index (χ1v) is 6.43. The Kier molecular flexibility index (Phi) is 3.86. The molecular weight excluding hydrogens is 300 g/mol. The third-order valence-corrected chi connectivity index (χ3v) is 3.25. The van der Waals surface area contributed by atoms with Crippen molar-refractivity contribution in [2.75, 3.05) is 23.3 Å². The van der Waals surface area contributed by atoms with Crippen molar-refractivity contribution >= 4 is 39.2 Å². The Morgan fingerprint density at radius 3 is 3.00 bits per heavy atom. The van der Waals surface area contributed by atoms with Crippen molar-refractivity contribution in [3.63, 3.8) is 0 Å². The molecule has 0 atom stereocenters. The van der Waals surface area contributed by atoms with Crippen molar-refractivity contribution in [3.05, 3.63) is 22.7 Å². The van der Waals surface area contributed by atoms with Gasteiger partial charge in [0.25, 0.3) is 0 Å². The number of anilines is 2. The third-order valence-electron chi connectivity index (χ3n) is 2.75. The first-order valence-electron chi connectivity index (χ1n) is 5.63. The van der Waals surface area contributed by atoms with Gasteiger partial charge in [0.1, 0.15) is 0 Å². The maximum atomic E-state index is 11.8. The van der Waals surface area contributed by atoms with Gasteiger partial charge in [-0.25, -0.2) is 0 Å². The Labute approximate surface area is 113 Å². The summed E-state index contributed by atoms with van der Waals surface area (Å²) in [6.07, 6.45) is 0.527. The van der Waals surface area contributed by atoms with Gasteiger partial charge >= 0.3 is 5.97 Å². The van der Waals surface area contributed by atoms with Crippen LogP contribution in [0.3, 0.4) is 0 Å². The van der Waals surface area contributed by atoms with E-state index in [0.29, 0.717) is 13.0 Å². The molecule has 6 heteroatoms. The monoisotopic (exact) mass is 312 g/mol. The van der Waals surface area contributed by atoms with Gasteiger partial charge < -0.3 is 15.3 Å². The molecule has 0 saturated carbocycles. The third kappa shape index (κ3) is 2.81. The number of amides is 1. The zero-order valence-corrected chi connectivity index (χ0v) is 11.2. The molecule has 0 saturated heterocycles. The molecule has 0 aliphatic carbocycles. The Morgan fingerprint density at radius 2 is 2.28 bits per heavy atom. The van der Waals surface area contributed by atoms with Gasteiger partial charge in [-0.1, -0.05) is 15.9 Å². The molecule has 96 valence electrons. The standard InChI is InChI=1S/C12H13BrN2O3/c13-8-3-4-10-9(6-8)14-7-11(16)15(10)5-1-2-12(17)18/h3-4,6,14H,1-2,5,7H2,(H,17,18). The van der Waals surface area contributed by atoms with Gasteiger partial charge in [-0.05, 0) is 24.6 Å². The fourth-order valence-electron chi connectivity index (χ4n) is 1.92. The van der Waals surface area contributed by atoms with Crippen LogP contribution >= 0.6 is 15.9 Å². The zero-order valence-electron chi connectivity index (χ0n) is 9.65. The molecule has 2 N–H and O–H groups in total. The predicted molar refractivity (Wildman–Crippen MR) is 71.9 cm³/mol. The number of nitrogens with one attached hydrogen (secondary N) is 1. The van der Waals surface area contributed by atoms with E-state index < -0.39 is 5.97 Å². The summed E-state index contributed by atoms with van der Waals surface area (Å²) in [4.78, 5) is 24.0. The molecule has 1 heterocycles. The van der Waals surface area contributed by atoms with E-state index in [-0.39, 0.29) is 18.9 Å². The van der Waals surface area contributed by atoms with Crippen LogP contribution in [0.1, 0.15) is 12.8 Å². The number of carbonyl (C=O) groups is 2. The molecule has 1 amide bonds. The molecule has 1 aliphatic heterocycles. The summed E-state index contributed by atoms with van der Waals surface area (Å²) >= 11 is 3.38. The van der Waals surface area contributed by atoms with Crippen LogP contribution in [-0.4, -0.2) is 30.1 Å². The van der Waals surface area contributed by atoms with Gasteiger partial charge in [-0.3, -0.25) is 9.59 Å². The minimum atomic E-state index is -0.839. The molecule has 0 radical (unpaired) electrons. The number of hydrogen-bond donors (Lipinski definition) is 2. The van der Waals surface area contributed by atoms with Crippen LogP contribution in [0.5, 0.6) is 0 Å². The summed E-state index contributed by atoms with van der Waals surface area (Å²) in [6.45, 7) is 0.679. The molecule has 0 spiro atoms. The number of rotatable bonds is 4. The number of benzene rings is 1. The summed E-state index contributed by atoms with van der Waals surface area (Å²) in [6, 6.07) is 5.62. The fraction of sp³-hybridized carbons (Fsp3) is 0.333. The van der Waals surface area contributed by atoms with Gasteiger partial charge in [0, 0.05) is 17.4 Å². The Bertz CT molecular complexity index is 490. The molecule has 0 aromatic heterocycles. The average Bonchev–Trinajstić information content (AvgIpc) is 2.31. The first-order chi connectivity index (χ1) is 8.58. The van der Waals surface area contributed by atoms with Crippen molar-refractivity contribution < 1.29 is 14.7 Å². The van der Waals surface area contributed by atoms with E-state index in [4.69, 9.17) is 5.11 Å². The Morgan fingerprint density at radius 1 is 1.50 bits per heavy atom. The molecule has 0 fully saturated rings. The van der Waals surface area contributed by atoms with E-state index in [2.05, 4.69) is 21.2 Å². The van der Waals surface area contributed by atoms with Crippen molar-refractivity contribution in [2.24, 2.45) is 0 Å². The highest BCUT2D eigenvalue weighted by Gasteiger charge is 2.23. The van der Waals surface area contributed by atoms with E-state index in [1.165, 1.54) is 0 Å². The highest BCUT2D eigenvalue weighted by Crippen LogP contribution is 2.32. The van der Waals surface area contributed by atoms with E-state index in [1.807, 2.05) is 18.2 Å². The van der Waals surface area contributed by atoms with Gasteiger partial charge in [-0.15, -0.1) is 0 Å². The SMILES string of the molecule is O=C(O)CCCN1C(=O)CNc2cc(Br)ccc21.